The first kappa shape index (κ1) is 22.0. The standard InChI is InChI=1S/C27H34N4O2/c1-2-17-33-23-11-8-20(9-12-23)27(32)31-19-21-7-6-14-28-26(21)29-24-13-10-22(18-25(24)31)30-15-4-3-5-16-30/h3-4,6-7,10,13-14,18,20,23H,2,5,8-9,11-12,15-17,19H2,1H3,(H,28,29). The molecule has 2 aliphatic heterocycles. The molecule has 0 atom stereocenters. The van der Waals surface area contributed by atoms with E-state index in [2.05, 4.69) is 58.5 Å². The van der Waals surface area contributed by atoms with Crippen molar-refractivity contribution in [3.63, 3.8) is 0 Å². The van der Waals surface area contributed by atoms with Crippen molar-refractivity contribution in [2.45, 2.75) is 58.1 Å². The second-order valence-corrected chi connectivity index (χ2v) is 9.31. The van der Waals surface area contributed by atoms with Gasteiger partial charge in [-0.05, 0) is 62.8 Å². The van der Waals surface area contributed by atoms with Gasteiger partial charge in [0.1, 0.15) is 5.82 Å². The van der Waals surface area contributed by atoms with E-state index in [0.717, 1.165) is 86.7 Å². The van der Waals surface area contributed by atoms with Crippen LogP contribution in [-0.2, 0) is 16.1 Å². The summed E-state index contributed by atoms with van der Waals surface area (Å²) in [5.41, 5.74) is 4.10. The van der Waals surface area contributed by atoms with Crippen LogP contribution < -0.4 is 15.1 Å². The maximum Gasteiger partial charge on any atom is 0.230 e. The van der Waals surface area contributed by atoms with Gasteiger partial charge in [0, 0.05) is 43.1 Å². The normalized spacial score (nSPS) is 22.2. The highest BCUT2D eigenvalue weighted by atomic mass is 16.5. The number of carbonyl (C=O) groups excluding carboxylic acids is 1. The van der Waals surface area contributed by atoms with Crippen LogP contribution in [0.1, 0.15) is 51.0 Å². The fourth-order valence-electron chi connectivity index (χ4n) is 5.16. The third-order valence-corrected chi connectivity index (χ3v) is 7.02. The summed E-state index contributed by atoms with van der Waals surface area (Å²) in [5.74, 6) is 1.10. The molecule has 1 saturated carbocycles. The smallest absolute Gasteiger partial charge is 0.230 e. The molecule has 0 saturated heterocycles. The molecule has 0 radical (unpaired) electrons. The minimum absolute atomic E-state index is 0.0409. The van der Waals surface area contributed by atoms with Gasteiger partial charge in [-0.2, -0.15) is 0 Å². The van der Waals surface area contributed by atoms with Crippen molar-refractivity contribution < 1.29 is 9.53 Å². The molecule has 1 aliphatic carbocycles. The van der Waals surface area contributed by atoms with Crippen LogP contribution in [0.25, 0.3) is 0 Å². The summed E-state index contributed by atoms with van der Waals surface area (Å²) in [6.07, 6.45) is 12.4. The molecule has 3 heterocycles. The zero-order valence-electron chi connectivity index (χ0n) is 19.5. The number of benzene rings is 1. The Hall–Kier alpha value is -2.86. The zero-order valence-corrected chi connectivity index (χ0v) is 19.5. The molecule has 1 aromatic carbocycles. The molecule has 3 aliphatic rings. The molecule has 6 heteroatoms. The van der Waals surface area contributed by atoms with Gasteiger partial charge in [-0.15, -0.1) is 0 Å². The highest BCUT2D eigenvalue weighted by Gasteiger charge is 2.33. The van der Waals surface area contributed by atoms with Crippen LogP contribution in [0, 0.1) is 5.92 Å². The molecule has 1 fully saturated rings. The van der Waals surface area contributed by atoms with Gasteiger partial charge < -0.3 is 19.9 Å². The van der Waals surface area contributed by atoms with Crippen LogP contribution in [0.2, 0.25) is 0 Å². The number of nitrogens with one attached hydrogen (secondary N) is 1. The number of hydrogen-bond donors (Lipinski definition) is 1. The number of hydrogen-bond acceptors (Lipinski definition) is 5. The summed E-state index contributed by atoms with van der Waals surface area (Å²) in [4.78, 5) is 22.8. The first-order chi connectivity index (χ1) is 16.2. The Kier molecular flexibility index (Phi) is 6.63. The Labute approximate surface area is 196 Å². The van der Waals surface area contributed by atoms with Gasteiger partial charge >= 0.3 is 0 Å². The summed E-state index contributed by atoms with van der Waals surface area (Å²) in [6, 6.07) is 10.4. The van der Waals surface area contributed by atoms with Crippen LogP contribution in [0.3, 0.4) is 0 Å². The lowest BCUT2D eigenvalue weighted by Crippen LogP contribution is -2.38. The maximum absolute atomic E-state index is 13.9. The number of amides is 1. The maximum atomic E-state index is 13.9. The molecule has 0 unspecified atom stereocenters. The lowest BCUT2D eigenvalue weighted by molar-refractivity contribution is -0.124. The molecule has 1 amide bonds. The SMILES string of the molecule is CCCOC1CCC(C(=O)N2Cc3cccnc3Nc3ccc(N4CC=CCC4)cc32)CC1. The van der Waals surface area contributed by atoms with Gasteiger partial charge in [-0.3, -0.25) is 4.79 Å². The molecule has 2 aromatic rings. The highest BCUT2D eigenvalue weighted by Crippen LogP contribution is 2.40. The molecule has 1 aromatic heterocycles. The third-order valence-electron chi connectivity index (χ3n) is 7.02. The Bertz CT molecular complexity index is 1010. The Morgan fingerprint density at radius 1 is 1.18 bits per heavy atom. The molecule has 33 heavy (non-hydrogen) atoms. The summed E-state index contributed by atoms with van der Waals surface area (Å²) in [7, 11) is 0. The number of ether oxygens (including phenoxy) is 1. The van der Waals surface area contributed by atoms with Gasteiger partial charge in [0.15, 0.2) is 0 Å². The average Bonchev–Trinajstić information content (AvgIpc) is 3.04. The quantitative estimate of drug-likeness (QED) is 0.621. The average molecular weight is 447 g/mol. The van der Waals surface area contributed by atoms with Crippen molar-refractivity contribution in [3.8, 4) is 0 Å². The fraction of sp³-hybridized carbons (Fsp3) is 0.481. The Balaban J connectivity index is 1.43. The first-order valence-corrected chi connectivity index (χ1v) is 12.4. The van der Waals surface area contributed by atoms with E-state index in [1.165, 1.54) is 0 Å². The predicted octanol–water partition coefficient (Wildman–Crippen LogP) is 5.42. The van der Waals surface area contributed by atoms with Crippen molar-refractivity contribution in [2.75, 3.05) is 34.8 Å². The molecule has 6 nitrogen and oxygen atoms in total. The van der Waals surface area contributed by atoms with Gasteiger partial charge in [0.2, 0.25) is 5.91 Å². The summed E-state index contributed by atoms with van der Waals surface area (Å²) in [5, 5.41) is 3.49. The fourth-order valence-corrected chi connectivity index (χ4v) is 5.16. The molecule has 5 rings (SSSR count). The number of aromatic nitrogens is 1. The van der Waals surface area contributed by atoms with Crippen molar-refractivity contribution in [1.29, 1.82) is 0 Å². The van der Waals surface area contributed by atoms with Gasteiger partial charge in [0.25, 0.3) is 0 Å². The number of rotatable bonds is 5. The number of nitrogens with zero attached hydrogens (tertiary/aromatic N) is 3. The number of carbonyl (C=O) groups is 1. The molecular weight excluding hydrogens is 412 g/mol. The van der Waals surface area contributed by atoms with Crippen LogP contribution in [0.15, 0.2) is 48.7 Å². The van der Waals surface area contributed by atoms with E-state index in [4.69, 9.17) is 4.74 Å². The third kappa shape index (κ3) is 4.76. The number of fused-ring (bicyclic) bond motifs is 2. The van der Waals surface area contributed by atoms with E-state index in [9.17, 15) is 4.79 Å². The number of pyridine rings is 1. The van der Waals surface area contributed by atoms with E-state index < -0.39 is 0 Å². The predicted molar refractivity (Wildman–Crippen MR) is 133 cm³/mol. The zero-order chi connectivity index (χ0) is 22.6. The van der Waals surface area contributed by atoms with E-state index in [0.29, 0.717) is 12.6 Å². The van der Waals surface area contributed by atoms with Crippen LogP contribution in [-0.4, -0.2) is 36.7 Å². The molecule has 0 spiro atoms. The lowest BCUT2D eigenvalue weighted by Gasteiger charge is -2.33. The second kappa shape index (κ2) is 9.96. The second-order valence-electron chi connectivity index (χ2n) is 9.31. The minimum atomic E-state index is 0.0409. The van der Waals surface area contributed by atoms with E-state index in [1.54, 1.807) is 6.20 Å². The Morgan fingerprint density at radius 3 is 2.85 bits per heavy atom. The first-order valence-electron chi connectivity index (χ1n) is 12.4. The van der Waals surface area contributed by atoms with Crippen molar-refractivity contribution in [3.05, 3.63) is 54.2 Å². The van der Waals surface area contributed by atoms with Crippen LogP contribution >= 0.6 is 0 Å². The van der Waals surface area contributed by atoms with Crippen molar-refractivity contribution in [1.82, 2.24) is 4.98 Å². The van der Waals surface area contributed by atoms with Gasteiger partial charge in [-0.25, -0.2) is 4.98 Å². The minimum Gasteiger partial charge on any atom is -0.378 e. The topological polar surface area (TPSA) is 57.7 Å². The van der Waals surface area contributed by atoms with Gasteiger partial charge in [0.05, 0.1) is 24.0 Å². The molecule has 1 N–H and O–H groups in total. The van der Waals surface area contributed by atoms with E-state index in [-0.39, 0.29) is 11.8 Å². The largest absolute Gasteiger partial charge is 0.378 e. The molecule has 174 valence electrons. The van der Waals surface area contributed by atoms with Crippen LogP contribution in [0.4, 0.5) is 22.9 Å². The van der Waals surface area contributed by atoms with Crippen molar-refractivity contribution >= 4 is 28.8 Å². The monoisotopic (exact) mass is 446 g/mol. The van der Waals surface area contributed by atoms with Crippen molar-refractivity contribution in [2.24, 2.45) is 5.92 Å². The van der Waals surface area contributed by atoms with Gasteiger partial charge in [-0.1, -0.05) is 25.1 Å². The highest BCUT2D eigenvalue weighted by molar-refractivity contribution is 6.00. The summed E-state index contributed by atoms with van der Waals surface area (Å²) in [6.45, 7) is 5.40. The van der Waals surface area contributed by atoms with E-state index >= 15 is 0 Å². The van der Waals surface area contributed by atoms with Crippen LogP contribution in [0.5, 0.6) is 0 Å². The molecule has 0 bridgehead atoms. The Morgan fingerprint density at radius 2 is 2.06 bits per heavy atom. The summed E-state index contributed by atoms with van der Waals surface area (Å²) >= 11 is 0. The number of anilines is 4. The molecular formula is C27H34N4O2. The lowest BCUT2D eigenvalue weighted by atomic mass is 9.86. The summed E-state index contributed by atoms with van der Waals surface area (Å²) < 4.78 is 5.96. The van der Waals surface area contributed by atoms with E-state index in [1.807, 2.05) is 11.0 Å².